The molecule has 0 saturated carbocycles. The van der Waals surface area contributed by atoms with Crippen LogP contribution in [0.3, 0.4) is 0 Å². The summed E-state index contributed by atoms with van der Waals surface area (Å²) in [5, 5.41) is 3.49. The van der Waals surface area contributed by atoms with Gasteiger partial charge in [-0.25, -0.2) is 8.42 Å². The summed E-state index contributed by atoms with van der Waals surface area (Å²) in [5.41, 5.74) is 0.0319. The van der Waals surface area contributed by atoms with Crippen LogP contribution in [0.2, 0.25) is 0 Å². The number of sulfone groups is 1. The summed E-state index contributed by atoms with van der Waals surface area (Å²) >= 11 is 0. The molecule has 0 radical (unpaired) electrons. The minimum absolute atomic E-state index is 0.0192. The molecule has 0 aliphatic carbocycles. The van der Waals surface area contributed by atoms with E-state index in [0.717, 1.165) is 26.0 Å². The summed E-state index contributed by atoms with van der Waals surface area (Å²) in [6, 6.07) is 0. The Morgan fingerprint density at radius 3 is 2.44 bits per heavy atom. The van der Waals surface area contributed by atoms with E-state index in [9.17, 15) is 8.42 Å². The highest BCUT2D eigenvalue weighted by Gasteiger charge is 2.34. The van der Waals surface area contributed by atoms with Crippen LogP contribution in [-0.2, 0) is 14.6 Å². The minimum atomic E-state index is -2.90. The summed E-state index contributed by atoms with van der Waals surface area (Å²) < 4.78 is 28.3. The molecule has 108 valence electrons. The first-order valence-corrected chi connectivity index (χ1v) is 8.69. The molecule has 0 aromatic carbocycles. The van der Waals surface area contributed by atoms with E-state index < -0.39 is 9.84 Å². The number of hydrogen-bond donors (Lipinski definition) is 1. The molecule has 5 heteroatoms. The van der Waals surface area contributed by atoms with Gasteiger partial charge in [0.15, 0.2) is 0 Å². The zero-order valence-electron chi connectivity index (χ0n) is 12.1. The molecule has 4 nitrogen and oxygen atoms in total. The van der Waals surface area contributed by atoms with E-state index in [0.29, 0.717) is 13.0 Å². The van der Waals surface area contributed by atoms with Crippen LogP contribution in [0, 0.1) is 5.41 Å². The topological polar surface area (TPSA) is 55.4 Å². The van der Waals surface area contributed by atoms with Crippen molar-refractivity contribution in [2.75, 3.05) is 31.8 Å². The second kappa shape index (κ2) is 5.88. The second-order valence-electron chi connectivity index (χ2n) is 6.64. The van der Waals surface area contributed by atoms with Crippen LogP contribution in [0.15, 0.2) is 0 Å². The Morgan fingerprint density at radius 2 is 2.00 bits per heavy atom. The van der Waals surface area contributed by atoms with Crippen molar-refractivity contribution in [3.05, 3.63) is 0 Å². The van der Waals surface area contributed by atoms with Crippen molar-refractivity contribution in [1.29, 1.82) is 0 Å². The third kappa shape index (κ3) is 6.16. The number of hydrogen-bond acceptors (Lipinski definition) is 4. The Balaban J connectivity index is 2.63. The van der Waals surface area contributed by atoms with Gasteiger partial charge in [0.1, 0.15) is 9.84 Å². The van der Waals surface area contributed by atoms with E-state index in [-0.39, 0.29) is 16.7 Å². The lowest BCUT2D eigenvalue weighted by atomic mass is 9.79. The van der Waals surface area contributed by atoms with Crippen LogP contribution in [0.4, 0.5) is 0 Å². The van der Waals surface area contributed by atoms with Gasteiger partial charge in [0.05, 0.1) is 12.4 Å². The lowest BCUT2D eigenvalue weighted by molar-refractivity contribution is -0.0117. The molecule has 18 heavy (non-hydrogen) atoms. The fraction of sp³-hybridized carbons (Fsp3) is 1.00. The number of rotatable bonds is 5. The standard InChI is InChI=1S/C13H27NO3S/c1-12(2,3)14-10-13(6-5-8-17-11-13)7-9-18(4,15)16/h14H,5-11H2,1-4H3. The molecular formula is C13H27NO3S. The molecule has 0 aromatic rings. The third-order valence-corrected chi connectivity index (χ3v) is 4.35. The molecule has 1 N–H and O–H groups in total. The summed E-state index contributed by atoms with van der Waals surface area (Å²) in [7, 11) is -2.90. The van der Waals surface area contributed by atoms with Crippen molar-refractivity contribution < 1.29 is 13.2 Å². The molecule has 1 aliphatic heterocycles. The Bertz CT molecular complexity index is 351. The van der Waals surface area contributed by atoms with E-state index >= 15 is 0 Å². The Labute approximate surface area is 111 Å². The lowest BCUT2D eigenvalue weighted by Gasteiger charge is -2.39. The van der Waals surface area contributed by atoms with Crippen LogP contribution >= 0.6 is 0 Å². The van der Waals surface area contributed by atoms with Gasteiger partial charge >= 0.3 is 0 Å². The van der Waals surface area contributed by atoms with Gasteiger partial charge in [0.2, 0.25) is 0 Å². The van der Waals surface area contributed by atoms with Crippen molar-refractivity contribution >= 4 is 9.84 Å². The molecular weight excluding hydrogens is 250 g/mol. The van der Waals surface area contributed by atoms with Crippen molar-refractivity contribution in [3.8, 4) is 0 Å². The van der Waals surface area contributed by atoms with Gasteiger partial charge in [-0.3, -0.25) is 0 Å². The Morgan fingerprint density at radius 1 is 1.33 bits per heavy atom. The van der Waals surface area contributed by atoms with Crippen molar-refractivity contribution in [2.24, 2.45) is 5.41 Å². The molecule has 1 aliphatic rings. The number of nitrogens with one attached hydrogen (secondary N) is 1. The highest BCUT2D eigenvalue weighted by atomic mass is 32.2. The van der Waals surface area contributed by atoms with Gasteiger partial charge in [-0.2, -0.15) is 0 Å². The summed E-state index contributed by atoms with van der Waals surface area (Å²) in [6.45, 7) is 8.68. The van der Waals surface area contributed by atoms with Gasteiger partial charge in [0.25, 0.3) is 0 Å². The molecule has 1 unspecified atom stereocenters. The molecule has 0 bridgehead atoms. The first kappa shape index (κ1) is 15.9. The summed E-state index contributed by atoms with van der Waals surface area (Å²) in [6.07, 6.45) is 4.07. The van der Waals surface area contributed by atoms with E-state index in [1.165, 1.54) is 6.26 Å². The molecule has 0 amide bonds. The smallest absolute Gasteiger partial charge is 0.147 e. The predicted molar refractivity (Wildman–Crippen MR) is 74.6 cm³/mol. The molecule has 1 heterocycles. The third-order valence-electron chi connectivity index (χ3n) is 3.40. The highest BCUT2D eigenvalue weighted by Crippen LogP contribution is 2.32. The first-order chi connectivity index (χ1) is 8.12. The predicted octanol–water partition coefficient (Wildman–Crippen LogP) is 1.61. The van der Waals surface area contributed by atoms with Gasteiger partial charge in [-0.05, 0) is 40.0 Å². The van der Waals surface area contributed by atoms with Gasteiger partial charge in [-0.15, -0.1) is 0 Å². The fourth-order valence-corrected chi connectivity index (χ4v) is 2.99. The van der Waals surface area contributed by atoms with Crippen molar-refractivity contribution in [3.63, 3.8) is 0 Å². The largest absolute Gasteiger partial charge is 0.381 e. The molecule has 1 atom stereocenters. The van der Waals surface area contributed by atoms with E-state index in [1.807, 2.05) is 0 Å². The van der Waals surface area contributed by atoms with Crippen LogP contribution < -0.4 is 5.32 Å². The second-order valence-corrected chi connectivity index (χ2v) is 8.90. The van der Waals surface area contributed by atoms with Crippen LogP contribution in [0.25, 0.3) is 0 Å². The maximum absolute atomic E-state index is 11.4. The average Bonchev–Trinajstić information content (AvgIpc) is 2.24. The monoisotopic (exact) mass is 277 g/mol. The SMILES string of the molecule is CC(C)(C)NCC1(CCS(C)(=O)=O)CCCOC1. The van der Waals surface area contributed by atoms with Crippen LogP contribution in [0.5, 0.6) is 0 Å². The molecule has 1 saturated heterocycles. The summed E-state index contributed by atoms with van der Waals surface area (Å²) in [4.78, 5) is 0. The maximum Gasteiger partial charge on any atom is 0.147 e. The van der Waals surface area contributed by atoms with Crippen LogP contribution in [0.1, 0.15) is 40.0 Å². The zero-order valence-corrected chi connectivity index (χ0v) is 12.9. The zero-order chi connectivity index (χ0) is 13.9. The normalized spacial score (nSPS) is 26.2. The molecule has 1 fully saturated rings. The quantitative estimate of drug-likeness (QED) is 0.829. The van der Waals surface area contributed by atoms with Crippen LogP contribution in [-0.4, -0.2) is 45.7 Å². The first-order valence-electron chi connectivity index (χ1n) is 6.63. The average molecular weight is 277 g/mol. The molecule has 1 rings (SSSR count). The van der Waals surface area contributed by atoms with E-state index in [4.69, 9.17) is 4.74 Å². The molecule has 0 spiro atoms. The van der Waals surface area contributed by atoms with Crippen molar-refractivity contribution in [1.82, 2.24) is 5.32 Å². The summed E-state index contributed by atoms with van der Waals surface area (Å²) in [5.74, 6) is 0.252. The van der Waals surface area contributed by atoms with E-state index in [1.54, 1.807) is 0 Å². The highest BCUT2D eigenvalue weighted by molar-refractivity contribution is 7.90. The van der Waals surface area contributed by atoms with Crippen molar-refractivity contribution in [2.45, 2.75) is 45.6 Å². The molecule has 0 aromatic heterocycles. The van der Waals surface area contributed by atoms with Gasteiger partial charge < -0.3 is 10.1 Å². The van der Waals surface area contributed by atoms with Gasteiger partial charge in [-0.1, -0.05) is 0 Å². The lowest BCUT2D eigenvalue weighted by Crippen LogP contribution is -2.48. The Hall–Kier alpha value is -0.130. The Kier molecular flexibility index (Phi) is 5.21. The van der Waals surface area contributed by atoms with Gasteiger partial charge in [0, 0.05) is 30.4 Å². The van der Waals surface area contributed by atoms with E-state index in [2.05, 4.69) is 26.1 Å². The minimum Gasteiger partial charge on any atom is -0.381 e. The fourth-order valence-electron chi connectivity index (χ4n) is 2.19. The number of ether oxygens (including phenoxy) is 1. The maximum atomic E-state index is 11.4.